The molecule has 2 aromatic carbocycles. The molecule has 0 unspecified atom stereocenters. The van der Waals surface area contributed by atoms with Crippen LogP contribution in [0, 0.1) is 6.92 Å². The van der Waals surface area contributed by atoms with E-state index in [0.717, 1.165) is 5.56 Å². The monoisotopic (exact) mass is 386 g/mol. The quantitative estimate of drug-likeness (QED) is 0.601. The molecule has 0 aliphatic heterocycles. The first-order chi connectivity index (χ1) is 12.8. The molecule has 0 radical (unpaired) electrons. The molecule has 2 rings (SSSR count). The molecule has 0 aromatic heterocycles. The number of hydrogen-bond acceptors (Lipinski definition) is 4. The zero-order valence-corrected chi connectivity index (χ0v) is 15.9. The highest BCUT2D eigenvalue weighted by atomic mass is 35.5. The van der Waals surface area contributed by atoms with Crippen LogP contribution in [-0.4, -0.2) is 24.9 Å². The summed E-state index contributed by atoms with van der Waals surface area (Å²) in [6.45, 7) is 3.36. The van der Waals surface area contributed by atoms with Crippen molar-refractivity contribution in [1.82, 2.24) is 0 Å². The number of aryl methyl sites for hydroxylation is 1. The standard InChI is InChI=1S/C20H19ClN2O4/c1-12-10-15(21)6-9-17(12)23-18(24)11-13(2)19(25)22-16-7-4-14(5-8-16)20(26)27-3/h4-11H,1-3H3,(H,22,25)(H,23,24)/b13-11+. The van der Waals surface area contributed by atoms with E-state index in [0.29, 0.717) is 22.0 Å². The van der Waals surface area contributed by atoms with Crippen LogP contribution in [0.3, 0.4) is 0 Å². The van der Waals surface area contributed by atoms with Gasteiger partial charge in [0.1, 0.15) is 0 Å². The summed E-state index contributed by atoms with van der Waals surface area (Å²) in [7, 11) is 1.29. The fourth-order valence-electron chi connectivity index (χ4n) is 2.24. The lowest BCUT2D eigenvalue weighted by molar-refractivity contribution is -0.114. The molecule has 0 aliphatic rings. The van der Waals surface area contributed by atoms with Gasteiger partial charge in [0.05, 0.1) is 12.7 Å². The smallest absolute Gasteiger partial charge is 0.337 e. The van der Waals surface area contributed by atoms with Crippen molar-refractivity contribution < 1.29 is 19.1 Å². The molecule has 140 valence electrons. The van der Waals surface area contributed by atoms with E-state index in [2.05, 4.69) is 15.4 Å². The number of methoxy groups -OCH3 is 1. The molecule has 0 bridgehead atoms. The Kier molecular flexibility index (Phi) is 6.73. The predicted molar refractivity (Wildman–Crippen MR) is 105 cm³/mol. The van der Waals surface area contributed by atoms with Crippen molar-refractivity contribution in [3.05, 3.63) is 70.3 Å². The molecule has 2 amide bonds. The molecule has 0 heterocycles. The number of rotatable bonds is 5. The maximum absolute atomic E-state index is 12.2. The SMILES string of the molecule is COC(=O)c1ccc(NC(=O)/C(C)=C/C(=O)Nc2ccc(Cl)cc2C)cc1. The van der Waals surface area contributed by atoms with Gasteiger partial charge in [-0.05, 0) is 61.9 Å². The number of benzene rings is 2. The minimum absolute atomic E-state index is 0.233. The molecule has 27 heavy (non-hydrogen) atoms. The van der Waals surface area contributed by atoms with E-state index in [-0.39, 0.29) is 5.57 Å². The van der Waals surface area contributed by atoms with Crippen molar-refractivity contribution in [2.75, 3.05) is 17.7 Å². The van der Waals surface area contributed by atoms with Gasteiger partial charge in [0.25, 0.3) is 5.91 Å². The van der Waals surface area contributed by atoms with E-state index in [9.17, 15) is 14.4 Å². The van der Waals surface area contributed by atoms with Gasteiger partial charge in [0.15, 0.2) is 0 Å². The van der Waals surface area contributed by atoms with Crippen LogP contribution >= 0.6 is 11.6 Å². The summed E-state index contributed by atoms with van der Waals surface area (Å²) < 4.78 is 4.62. The van der Waals surface area contributed by atoms with Gasteiger partial charge in [-0.2, -0.15) is 0 Å². The Morgan fingerprint density at radius 3 is 2.30 bits per heavy atom. The normalized spacial score (nSPS) is 10.9. The van der Waals surface area contributed by atoms with Gasteiger partial charge in [0, 0.05) is 28.0 Å². The Balaban J connectivity index is 2.00. The molecule has 2 aromatic rings. The van der Waals surface area contributed by atoms with Gasteiger partial charge in [-0.3, -0.25) is 9.59 Å². The highest BCUT2D eigenvalue weighted by Crippen LogP contribution is 2.19. The Bertz CT molecular complexity index is 905. The maximum atomic E-state index is 12.2. The summed E-state index contributed by atoms with van der Waals surface area (Å²) in [5.74, 6) is -1.31. The average molecular weight is 387 g/mol. The minimum Gasteiger partial charge on any atom is -0.465 e. The minimum atomic E-state index is -0.460. The van der Waals surface area contributed by atoms with Gasteiger partial charge in [0.2, 0.25) is 5.91 Å². The number of halogens is 1. The summed E-state index contributed by atoms with van der Waals surface area (Å²) in [6.07, 6.45) is 1.21. The molecule has 0 saturated carbocycles. The van der Waals surface area contributed by atoms with Crippen molar-refractivity contribution in [1.29, 1.82) is 0 Å². The highest BCUT2D eigenvalue weighted by Gasteiger charge is 2.10. The van der Waals surface area contributed by atoms with Crippen molar-refractivity contribution in [2.45, 2.75) is 13.8 Å². The van der Waals surface area contributed by atoms with Crippen molar-refractivity contribution in [2.24, 2.45) is 0 Å². The van der Waals surface area contributed by atoms with Crippen LogP contribution in [0.4, 0.5) is 11.4 Å². The number of hydrogen-bond donors (Lipinski definition) is 2. The van der Waals surface area contributed by atoms with Crippen LogP contribution < -0.4 is 10.6 Å². The zero-order valence-electron chi connectivity index (χ0n) is 15.1. The number of carbonyl (C=O) groups is 3. The van der Waals surface area contributed by atoms with Crippen LogP contribution in [0.5, 0.6) is 0 Å². The fraction of sp³-hybridized carbons (Fsp3) is 0.150. The van der Waals surface area contributed by atoms with Crippen LogP contribution in [0.2, 0.25) is 5.02 Å². The van der Waals surface area contributed by atoms with E-state index in [1.807, 2.05) is 6.92 Å². The van der Waals surface area contributed by atoms with Crippen LogP contribution in [0.15, 0.2) is 54.1 Å². The Morgan fingerprint density at radius 2 is 1.70 bits per heavy atom. The zero-order chi connectivity index (χ0) is 20.0. The summed E-state index contributed by atoms with van der Waals surface area (Å²) in [5, 5.41) is 5.94. The topological polar surface area (TPSA) is 84.5 Å². The fourth-order valence-corrected chi connectivity index (χ4v) is 2.46. The lowest BCUT2D eigenvalue weighted by Crippen LogP contribution is -2.16. The Morgan fingerprint density at radius 1 is 1.04 bits per heavy atom. The molecule has 6 nitrogen and oxygen atoms in total. The summed E-state index contributed by atoms with van der Waals surface area (Å²) in [4.78, 5) is 35.7. The predicted octanol–water partition coefficient (Wildman–Crippen LogP) is 3.96. The molecule has 0 atom stereocenters. The molecule has 2 N–H and O–H groups in total. The van der Waals surface area contributed by atoms with Gasteiger partial charge < -0.3 is 15.4 Å². The first kappa shape index (κ1) is 20.2. The number of nitrogens with one attached hydrogen (secondary N) is 2. The van der Waals surface area contributed by atoms with E-state index in [1.165, 1.54) is 32.2 Å². The largest absolute Gasteiger partial charge is 0.465 e. The average Bonchev–Trinajstić information content (AvgIpc) is 2.64. The molecule has 0 spiro atoms. The lowest BCUT2D eigenvalue weighted by Gasteiger charge is -2.08. The van der Waals surface area contributed by atoms with E-state index < -0.39 is 17.8 Å². The third-order valence-electron chi connectivity index (χ3n) is 3.72. The Labute approximate surface area is 162 Å². The molecule has 0 fully saturated rings. The Hall–Kier alpha value is -3.12. The molecular formula is C20H19ClN2O4. The number of esters is 1. The first-order valence-corrected chi connectivity index (χ1v) is 8.43. The first-order valence-electron chi connectivity index (χ1n) is 8.05. The second-order valence-electron chi connectivity index (χ2n) is 5.80. The number of carbonyl (C=O) groups excluding carboxylic acids is 3. The third-order valence-corrected chi connectivity index (χ3v) is 3.95. The van der Waals surface area contributed by atoms with Gasteiger partial charge in [-0.25, -0.2) is 4.79 Å². The second kappa shape index (κ2) is 9.00. The van der Waals surface area contributed by atoms with E-state index in [4.69, 9.17) is 11.6 Å². The second-order valence-corrected chi connectivity index (χ2v) is 6.24. The highest BCUT2D eigenvalue weighted by molar-refractivity contribution is 6.30. The number of ether oxygens (including phenoxy) is 1. The summed E-state index contributed by atoms with van der Waals surface area (Å²) in [6, 6.07) is 11.3. The van der Waals surface area contributed by atoms with Crippen molar-refractivity contribution >= 4 is 40.8 Å². The van der Waals surface area contributed by atoms with Gasteiger partial charge >= 0.3 is 5.97 Å². The van der Waals surface area contributed by atoms with Gasteiger partial charge in [-0.1, -0.05) is 11.6 Å². The van der Waals surface area contributed by atoms with Crippen molar-refractivity contribution in [3.63, 3.8) is 0 Å². The van der Waals surface area contributed by atoms with Crippen LogP contribution in [0.1, 0.15) is 22.8 Å². The van der Waals surface area contributed by atoms with Crippen molar-refractivity contribution in [3.8, 4) is 0 Å². The molecule has 0 saturated heterocycles. The third kappa shape index (κ3) is 5.69. The summed E-state index contributed by atoms with van der Waals surface area (Å²) >= 11 is 5.89. The maximum Gasteiger partial charge on any atom is 0.337 e. The summed E-state index contributed by atoms with van der Waals surface area (Å²) in [5.41, 5.74) is 2.54. The molecule has 7 heteroatoms. The molecular weight excluding hydrogens is 368 g/mol. The number of anilines is 2. The van der Waals surface area contributed by atoms with Gasteiger partial charge in [-0.15, -0.1) is 0 Å². The van der Waals surface area contributed by atoms with Crippen LogP contribution in [-0.2, 0) is 14.3 Å². The van der Waals surface area contributed by atoms with Crippen LogP contribution in [0.25, 0.3) is 0 Å². The van der Waals surface area contributed by atoms with E-state index in [1.54, 1.807) is 30.3 Å². The number of amides is 2. The lowest BCUT2D eigenvalue weighted by atomic mass is 10.2. The molecule has 0 aliphatic carbocycles. The van der Waals surface area contributed by atoms with E-state index >= 15 is 0 Å².